The fraction of sp³-hybridized carbons (Fsp3) is 0.381. The van der Waals surface area contributed by atoms with E-state index in [1.165, 1.54) is 0 Å². The number of amides is 1. The Kier molecular flexibility index (Phi) is 9.68. The van der Waals surface area contributed by atoms with Crippen molar-refractivity contribution in [2.24, 2.45) is 0 Å². The Hall–Kier alpha value is -2.77. The fourth-order valence-electron chi connectivity index (χ4n) is 2.35. The minimum Gasteiger partial charge on any atom is -0.491 e. The van der Waals surface area contributed by atoms with Crippen LogP contribution < -0.4 is 20.1 Å². The third-order valence-corrected chi connectivity index (χ3v) is 3.66. The van der Waals surface area contributed by atoms with Crippen molar-refractivity contribution in [1.29, 1.82) is 0 Å². The van der Waals surface area contributed by atoms with Gasteiger partial charge in [-0.2, -0.15) is 0 Å². The molecule has 7 heteroatoms. The largest absolute Gasteiger partial charge is 0.491 e. The molecule has 2 N–H and O–H groups in total. The van der Waals surface area contributed by atoms with Crippen molar-refractivity contribution >= 4 is 17.3 Å². The maximum Gasteiger partial charge on any atom is 0.243 e. The second-order valence-corrected chi connectivity index (χ2v) is 5.84. The summed E-state index contributed by atoms with van der Waals surface area (Å²) in [6, 6.07) is 14.7. The van der Waals surface area contributed by atoms with Crippen molar-refractivity contribution in [3.05, 3.63) is 48.5 Å². The number of anilines is 2. The molecular weight excluding hydrogens is 360 g/mol. The molecule has 0 atom stereocenters. The number of nitrogens with one attached hydrogen (secondary N) is 2. The van der Waals surface area contributed by atoms with Crippen LogP contribution in [0.3, 0.4) is 0 Å². The molecule has 1 amide bonds. The van der Waals surface area contributed by atoms with E-state index < -0.39 is 0 Å². The third kappa shape index (κ3) is 8.28. The molecule has 2 rings (SSSR count). The Bertz CT molecular complexity index is 723. The third-order valence-electron chi connectivity index (χ3n) is 3.66. The van der Waals surface area contributed by atoms with Gasteiger partial charge in [-0.1, -0.05) is 12.1 Å². The van der Waals surface area contributed by atoms with Gasteiger partial charge in [0.15, 0.2) is 0 Å². The average Bonchev–Trinajstić information content (AvgIpc) is 2.71. The number of hydrogen-bond donors (Lipinski definition) is 2. The first-order chi connectivity index (χ1) is 13.7. The SMILES string of the molecule is CCOCCOc1cccc(NCC(=O)Nc2cccc(OCCOC)c2)c1. The van der Waals surface area contributed by atoms with Crippen molar-refractivity contribution in [3.63, 3.8) is 0 Å². The zero-order valence-corrected chi connectivity index (χ0v) is 16.4. The number of benzene rings is 2. The zero-order chi connectivity index (χ0) is 20.0. The lowest BCUT2D eigenvalue weighted by Crippen LogP contribution is -2.21. The van der Waals surface area contributed by atoms with E-state index in [1.807, 2.05) is 49.4 Å². The van der Waals surface area contributed by atoms with Gasteiger partial charge >= 0.3 is 0 Å². The van der Waals surface area contributed by atoms with Gasteiger partial charge in [0.1, 0.15) is 24.7 Å². The van der Waals surface area contributed by atoms with Gasteiger partial charge < -0.3 is 29.6 Å². The highest BCUT2D eigenvalue weighted by Crippen LogP contribution is 2.18. The van der Waals surface area contributed by atoms with E-state index >= 15 is 0 Å². The molecular formula is C21H28N2O5. The first-order valence-corrected chi connectivity index (χ1v) is 9.27. The summed E-state index contributed by atoms with van der Waals surface area (Å²) >= 11 is 0. The molecule has 0 aliphatic heterocycles. The summed E-state index contributed by atoms with van der Waals surface area (Å²) in [5.41, 5.74) is 1.48. The number of carbonyl (C=O) groups is 1. The minimum atomic E-state index is -0.156. The lowest BCUT2D eigenvalue weighted by atomic mass is 10.3. The van der Waals surface area contributed by atoms with Crippen molar-refractivity contribution in [2.45, 2.75) is 6.92 Å². The molecule has 0 unspecified atom stereocenters. The molecule has 152 valence electrons. The van der Waals surface area contributed by atoms with Crippen molar-refractivity contribution in [1.82, 2.24) is 0 Å². The Balaban J connectivity index is 1.78. The monoisotopic (exact) mass is 388 g/mol. The molecule has 0 aliphatic rings. The Morgan fingerprint density at radius 2 is 1.54 bits per heavy atom. The lowest BCUT2D eigenvalue weighted by molar-refractivity contribution is -0.114. The highest BCUT2D eigenvalue weighted by molar-refractivity contribution is 5.93. The van der Waals surface area contributed by atoms with Crippen molar-refractivity contribution in [2.75, 3.05) is 57.3 Å². The maximum atomic E-state index is 12.2. The van der Waals surface area contributed by atoms with Crippen LogP contribution in [-0.4, -0.2) is 52.6 Å². The number of carbonyl (C=O) groups excluding carboxylic acids is 1. The molecule has 28 heavy (non-hydrogen) atoms. The number of ether oxygens (including phenoxy) is 4. The van der Waals surface area contributed by atoms with Gasteiger partial charge in [-0.3, -0.25) is 4.79 Å². The highest BCUT2D eigenvalue weighted by atomic mass is 16.5. The van der Waals surface area contributed by atoms with Crippen LogP contribution in [0, 0.1) is 0 Å². The van der Waals surface area contributed by atoms with Crippen LogP contribution in [0.1, 0.15) is 6.92 Å². The maximum absolute atomic E-state index is 12.2. The lowest BCUT2D eigenvalue weighted by Gasteiger charge is -2.11. The van der Waals surface area contributed by atoms with Gasteiger partial charge in [-0.05, 0) is 31.2 Å². The molecule has 0 aromatic heterocycles. The van der Waals surface area contributed by atoms with E-state index in [1.54, 1.807) is 13.2 Å². The van der Waals surface area contributed by atoms with E-state index in [-0.39, 0.29) is 12.5 Å². The summed E-state index contributed by atoms with van der Waals surface area (Å²) in [5, 5.41) is 5.94. The first kappa shape index (κ1) is 21.5. The standard InChI is InChI=1S/C21H28N2O5/c1-3-26-11-13-28-19-8-4-6-17(14-19)22-16-21(24)23-18-7-5-9-20(15-18)27-12-10-25-2/h4-9,14-15,22H,3,10-13,16H2,1-2H3,(H,23,24). The molecule has 0 aliphatic carbocycles. The molecule has 0 saturated heterocycles. The second-order valence-electron chi connectivity index (χ2n) is 5.84. The molecule has 2 aromatic carbocycles. The zero-order valence-electron chi connectivity index (χ0n) is 16.4. The van der Waals surface area contributed by atoms with Gasteiger partial charge in [0.05, 0.1) is 19.8 Å². The van der Waals surface area contributed by atoms with Gasteiger partial charge in [0, 0.05) is 37.2 Å². The van der Waals surface area contributed by atoms with E-state index in [9.17, 15) is 4.79 Å². The minimum absolute atomic E-state index is 0.136. The Morgan fingerprint density at radius 3 is 2.21 bits per heavy atom. The Labute approximate surface area is 165 Å². The second kappa shape index (κ2) is 12.6. The van der Waals surface area contributed by atoms with Crippen LogP contribution in [0.4, 0.5) is 11.4 Å². The normalized spacial score (nSPS) is 10.4. The van der Waals surface area contributed by atoms with Crippen LogP contribution >= 0.6 is 0 Å². The van der Waals surface area contributed by atoms with E-state index in [0.717, 1.165) is 11.4 Å². The highest BCUT2D eigenvalue weighted by Gasteiger charge is 2.05. The van der Waals surface area contributed by atoms with E-state index in [4.69, 9.17) is 18.9 Å². The summed E-state index contributed by atoms with van der Waals surface area (Å²) in [5.74, 6) is 1.25. The number of hydrogen-bond acceptors (Lipinski definition) is 6. The van der Waals surface area contributed by atoms with Crippen molar-refractivity contribution < 1.29 is 23.7 Å². The van der Waals surface area contributed by atoms with Crippen LogP contribution in [0.25, 0.3) is 0 Å². The van der Waals surface area contributed by atoms with Gasteiger partial charge in [-0.25, -0.2) is 0 Å². The average molecular weight is 388 g/mol. The predicted octanol–water partition coefficient (Wildman–Crippen LogP) is 3.18. The van der Waals surface area contributed by atoms with Gasteiger partial charge in [0.25, 0.3) is 0 Å². The van der Waals surface area contributed by atoms with Crippen molar-refractivity contribution in [3.8, 4) is 11.5 Å². The molecule has 0 saturated carbocycles. The van der Waals surface area contributed by atoms with E-state index in [2.05, 4.69) is 10.6 Å². The van der Waals surface area contributed by atoms with Gasteiger partial charge in [0.2, 0.25) is 5.91 Å². The Morgan fingerprint density at radius 1 is 0.893 bits per heavy atom. The van der Waals surface area contributed by atoms with Gasteiger partial charge in [-0.15, -0.1) is 0 Å². The summed E-state index contributed by atoms with van der Waals surface area (Å²) < 4.78 is 21.4. The van der Waals surface area contributed by atoms with Crippen LogP contribution in [0.15, 0.2) is 48.5 Å². The summed E-state index contributed by atoms with van der Waals surface area (Å²) in [4.78, 5) is 12.2. The fourth-order valence-corrected chi connectivity index (χ4v) is 2.35. The summed E-state index contributed by atoms with van der Waals surface area (Å²) in [6.07, 6.45) is 0. The predicted molar refractivity (Wildman–Crippen MR) is 109 cm³/mol. The van der Waals surface area contributed by atoms with Crippen LogP contribution in [0.5, 0.6) is 11.5 Å². The molecule has 0 radical (unpaired) electrons. The van der Waals surface area contributed by atoms with Crippen LogP contribution in [0.2, 0.25) is 0 Å². The first-order valence-electron chi connectivity index (χ1n) is 9.27. The van der Waals surface area contributed by atoms with Crippen LogP contribution in [-0.2, 0) is 14.3 Å². The molecule has 7 nitrogen and oxygen atoms in total. The molecule has 0 spiro atoms. The molecule has 2 aromatic rings. The topological polar surface area (TPSA) is 78.1 Å². The molecule has 0 fully saturated rings. The summed E-state index contributed by atoms with van der Waals surface area (Å²) in [7, 11) is 1.62. The van der Waals surface area contributed by atoms with E-state index in [0.29, 0.717) is 44.5 Å². The number of methoxy groups -OCH3 is 1. The summed E-state index contributed by atoms with van der Waals surface area (Å²) in [6.45, 7) is 4.75. The molecule has 0 bridgehead atoms. The molecule has 0 heterocycles. The number of rotatable bonds is 13. The smallest absolute Gasteiger partial charge is 0.243 e. The quantitative estimate of drug-likeness (QED) is 0.513.